The fourth-order valence-corrected chi connectivity index (χ4v) is 2.41. The van der Waals surface area contributed by atoms with Crippen LogP contribution < -0.4 is 10.6 Å². The van der Waals surface area contributed by atoms with E-state index in [0.29, 0.717) is 5.92 Å². The average molecular weight is 226 g/mol. The van der Waals surface area contributed by atoms with Crippen LogP contribution in [-0.4, -0.2) is 38.3 Å². The van der Waals surface area contributed by atoms with E-state index in [1.165, 1.54) is 12.8 Å². The quantitative estimate of drug-likeness (QED) is 0.743. The Bertz CT molecular complexity index is 221. The molecule has 4 heteroatoms. The van der Waals surface area contributed by atoms with Gasteiger partial charge in [-0.3, -0.25) is 4.79 Å². The molecule has 2 N–H and O–H groups in total. The van der Waals surface area contributed by atoms with Crippen LogP contribution in [0.3, 0.4) is 0 Å². The van der Waals surface area contributed by atoms with Crippen molar-refractivity contribution in [3.8, 4) is 0 Å². The predicted molar refractivity (Wildman–Crippen MR) is 62.2 cm³/mol. The molecule has 2 heterocycles. The second kappa shape index (κ2) is 6.21. The van der Waals surface area contributed by atoms with Gasteiger partial charge in [0.2, 0.25) is 5.91 Å². The first-order valence-electron chi connectivity index (χ1n) is 6.45. The van der Waals surface area contributed by atoms with Crippen molar-refractivity contribution in [2.24, 2.45) is 5.92 Å². The first-order chi connectivity index (χ1) is 7.86. The van der Waals surface area contributed by atoms with Gasteiger partial charge in [0.05, 0.1) is 12.6 Å². The Hall–Kier alpha value is -0.610. The largest absolute Gasteiger partial charge is 0.381 e. The molecule has 2 aliphatic heterocycles. The van der Waals surface area contributed by atoms with Gasteiger partial charge in [-0.05, 0) is 38.1 Å². The highest BCUT2D eigenvalue weighted by molar-refractivity contribution is 5.81. The summed E-state index contributed by atoms with van der Waals surface area (Å²) in [6, 6.07) is 0.0401. The van der Waals surface area contributed by atoms with Crippen LogP contribution in [0.15, 0.2) is 0 Å². The Kier molecular flexibility index (Phi) is 4.60. The summed E-state index contributed by atoms with van der Waals surface area (Å²) in [6.07, 6.45) is 5.64. The second-order valence-corrected chi connectivity index (χ2v) is 4.83. The summed E-state index contributed by atoms with van der Waals surface area (Å²) in [7, 11) is 0. The molecule has 2 rings (SSSR count). The molecule has 0 radical (unpaired) electrons. The summed E-state index contributed by atoms with van der Waals surface area (Å²) in [5, 5.41) is 6.30. The van der Waals surface area contributed by atoms with E-state index in [4.69, 9.17) is 4.74 Å². The molecule has 92 valence electrons. The van der Waals surface area contributed by atoms with Gasteiger partial charge in [-0.2, -0.15) is 0 Å². The number of hydrogen-bond donors (Lipinski definition) is 2. The van der Waals surface area contributed by atoms with E-state index >= 15 is 0 Å². The Morgan fingerprint density at radius 1 is 1.31 bits per heavy atom. The molecule has 0 bridgehead atoms. The lowest BCUT2D eigenvalue weighted by molar-refractivity contribution is -0.124. The first kappa shape index (κ1) is 11.9. The molecule has 2 fully saturated rings. The van der Waals surface area contributed by atoms with Gasteiger partial charge in [0.15, 0.2) is 0 Å². The molecule has 0 saturated carbocycles. The maximum atomic E-state index is 11.8. The molecule has 0 spiro atoms. The Morgan fingerprint density at radius 3 is 2.94 bits per heavy atom. The Balaban J connectivity index is 1.65. The van der Waals surface area contributed by atoms with Gasteiger partial charge in [0.1, 0.15) is 0 Å². The fourth-order valence-electron chi connectivity index (χ4n) is 2.41. The fraction of sp³-hybridized carbons (Fsp3) is 0.917. The van der Waals surface area contributed by atoms with Crippen molar-refractivity contribution in [2.75, 3.05) is 26.3 Å². The van der Waals surface area contributed by atoms with Crippen LogP contribution in [-0.2, 0) is 9.53 Å². The van der Waals surface area contributed by atoms with Gasteiger partial charge in [-0.15, -0.1) is 0 Å². The van der Waals surface area contributed by atoms with Crippen molar-refractivity contribution in [2.45, 2.75) is 38.1 Å². The maximum absolute atomic E-state index is 11.8. The van der Waals surface area contributed by atoms with Crippen LogP contribution in [0.5, 0.6) is 0 Å². The minimum atomic E-state index is 0.0401. The zero-order chi connectivity index (χ0) is 11.2. The molecule has 0 aromatic carbocycles. The third kappa shape index (κ3) is 3.46. The minimum absolute atomic E-state index is 0.0401. The molecule has 16 heavy (non-hydrogen) atoms. The van der Waals surface area contributed by atoms with Crippen molar-refractivity contribution < 1.29 is 9.53 Å². The highest BCUT2D eigenvalue weighted by Crippen LogP contribution is 2.12. The van der Waals surface area contributed by atoms with Crippen LogP contribution in [0.4, 0.5) is 0 Å². The highest BCUT2D eigenvalue weighted by Gasteiger charge is 2.21. The SMILES string of the molecule is O=C(NCC1CCCOC1)[C@H]1CCCCN1. The molecule has 0 aromatic rings. The van der Waals surface area contributed by atoms with Crippen LogP contribution in [0, 0.1) is 5.92 Å². The predicted octanol–water partition coefficient (Wildman–Crippen LogP) is 0.671. The molecule has 1 unspecified atom stereocenters. The van der Waals surface area contributed by atoms with Gasteiger partial charge in [-0.25, -0.2) is 0 Å². The van der Waals surface area contributed by atoms with Crippen molar-refractivity contribution in [3.63, 3.8) is 0 Å². The van der Waals surface area contributed by atoms with Crippen molar-refractivity contribution in [1.29, 1.82) is 0 Å². The maximum Gasteiger partial charge on any atom is 0.237 e. The van der Waals surface area contributed by atoms with E-state index in [1.807, 2.05) is 0 Å². The summed E-state index contributed by atoms with van der Waals surface area (Å²) < 4.78 is 5.39. The topological polar surface area (TPSA) is 50.4 Å². The van der Waals surface area contributed by atoms with E-state index < -0.39 is 0 Å². The number of carbonyl (C=O) groups is 1. The van der Waals surface area contributed by atoms with E-state index in [-0.39, 0.29) is 11.9 Å². The molecule has 1 amide bonds. The first-order valence-corrected chi connectivity index (χ1v) is 6.45. The molecule has 4 nitrogen and oxygen atoms in total. The average Bonchev–Trinajstić information content (AvgIpc) is 2.38. The Morgan fingerprint density at radius 2 is 2.25 bits per heavy atom. The monoisotopic (exact) mass is 226 g/mol. The van der Waals surface area contributed by atoms with Crippen LogP contribution in [0.1, 0.15) is 32.1 Å². The lowest BCUT2D eigenvalue weighted by Gasteiger charge is -2.25. The van der Waals surface area contributed by atoms with Crippen molar-refractivity contribution in [3.05, 3.63) is 0 Å². The summed E-state index contributed by atoms with van der Waals surface area (Å²) in [4.78, 5) is 11.8. The lowest BCUT2D eigenvalue weighted by atomic mass is 10.0. The summed E-state index contributed by atoms with van der Waals surface area (Å²) in [6.45, 7) is 3.44. The van der Waals surface area contributed by atoms with E-state index in [1.54, 1.807) is 0 Å². The molecule has 0 aromatic heterocycles. The summed E-state index contributed by atoms with van der Waals surface area (Å²) >= 11 is 0. The van der Waals surface area contributed by atoms with Gasteiger partial charge in [-0.1, -0.05) is 6.42 Å². The lowest BCUT2D eigenvalue weighted by Crippen LogP contribution is -2.48. The smallest absolute Gasteiger partial charge is 0.237 e. The highest BCUT2D eigenvalue weighted by atomic mass is 16.5. The molecular weight excluding hydrogens is 204 g/mol. The minimum Gasteiger partial charge on any atom is -0.381 e. The summed E-state index contributed by atoms with van der Waals surface area (Å²) in [5.74, 6) is 0.687. The van der Waals surface area contributed by atoms with Gasteiger partial charge >= 0.3 is 0 Å². The number of amides is 1. The zero-order valence-electron chi connectivity index (χ0n) is 9.84. The number of piperidine rings is 1. The second-order valence-electron chi connectivity index (χ2n) is 4.83. The number of nitrogens with one attached hydrogen (secondary N) is 2. The van der Waals surface area contributed by atoms with E-state index in [2.05, 4.69) is 10.6 Å². The number of ether oxygens (including phenoxy) is 1. The standard InChI is InChI=1S/C12H22N2O2/c15-12(11-5-1-2-6-13-11)14-8-10-4-3-7-16-9-10/h10-11,13H,1-9H2,(H,14,15)/t10?,11-/m1/s1. The molecular formula is C12H22N2O2. The van der Waals surface area contributed by atoms with E-state index in [0.717, 1.165) is 45.6 Å². The van der Waals surface area contributed by atoms with Gasteiger partial charge in [0, 0.05) is 13.2 Å². The van der Waals surface area contributed by atoms with Crippen molar-refractivity contribution >= 4 is 5.91 Å². The van der Waals surface area contributed by atoms with E-state index in [9.17, 15) is 4.79 Å². The van der Waals surface area contributed by atoms with Crippen molar-refractivity contribution in [1.82, 2.24) is 10.6 Å². The third-order valence-corrected chi connectivity index (χ3v) is 3.45. The number of rotatable bonds is 3. The number of carbonyl (C=O) groups excluding carboxylic acids is 1. The van der Waals surface area contributed by atoms with Crippen LogP contribution >= 0.6 is 0 Å². The van der Waals surface area contributed by atoms with Gasteiger partial charge < -0.3 is 15.4 Å². The normalized spacial score (nSPS) is 31.0. The number of hydrogen-bond acceptors (Lipinski definition) is 3. The van der Waals surface area contributed by atoms with Crippen LogP contribution in [0.25, 0.3) is 0 Å². The molecule has 2 aliphatic rings. The molecule has 0 aliphatic carbocycles. The van der Waals surface area contributed by atoms with Gasteiger partial charge in [0.25, 0.3) is 0 Å². The zero-order valence-corrected chi connectivity index (χ0v) is 9.84. The molecule has 2 saturated heterocycles. The Labute approximate surface area is 97.1 Å². The van der Waals surface area contributed by atoms with Crippen LogP contribution in [0.2, 0.25) is 0 Å². The third-order valence-electron chi connectivity index (χ3n) is 3.45. The summed E-state index contributed by atoms with van der Waals surface area (Å²) in [5.41, 5.74) is 0. The molecule has 2 atom stereocenters.